The molecule has 0 aliphatic heterocycles. The van der Waals surface area contributed by atoms with Crippen LogP contribution in [0.15, 0.2) is 30.3 Å². The summed E-state index contributed by atoms with van der Waals surface area (Å²) in [5, 5.41) is 28.3. The summed E-state index contributed by atoms with van der Waals surface area (Å²) in [6, 6.07) is 9.41. The van der Waals surface area contributed by atoms with E-state index in [4.69, 9.17) is 10.2 Å². The van der Waals surface area contributed by atoms with Gasteiger partial charge in [-0.25, -0.2) is 0 Å². The number of nitrogens with zero attached hydrogens (tertiary/aromatic N) is 1. The molecule has 0 aromatic heterocycles. The average molecular weight is 239 g/mol. The summed E-state index contributed by atoms with van der Waals surface area (Å²) in [4.78, 5) is 1.84. The Kier molecular flexibility index (Phi) is 5.58. The van der Waals surface area contributed by atoms with Gasteiger partial charge in [-0.15, -0.1) is 0 Å². The van der Waals surface area contributed by atoms with Crippen molar-refractivity contribution in [3.05, 3.63) is 35.9 Å². The molecule has 0 saturated heterocycles. The first-order chi connectivity index (χ1) is 8.10. The zero-order chi connectivity index (χ0) is 12.7. The fourth-order valence-corrected chi connectivity index (χ4v) is 1.88. The van der Waals surface area contributed by atoms with Crippen molar-refractivity contribution in [1.82, 2.24) is 4.90 Å². The van der Waals surface area contributed by atoms with Crippen molar-refractivity contribution in [1.29, 1.82) is 0 Å². The summed E-state index contributed by atoms with van der Waals surface area (Å²) < 4.78 is 0. The largest absolute Gasteiger partial charge is 0.395 e. The highest BCUT2D eigenvalue weighted by molar-refractivity contribution is 5.21. The number of benzene rings is 1. The molecule has 3 N–H and O–H groups in total. The van der Waals surface area contributed by atoms with E-state index in [0.29, 0.717) is 19.6 Å². The highest BCUT2D eigenvalue weighted by Crippen LogP contribution is 2.21. The summed E-state index contributed by atoms with van der Waals surface area (Å²) in [5.41, 5.74) is -0.146. The molecule has 0 saturated carbocycles. The highest BCUT2D eigenvalue weighted by atomic mass is 16.3. The van der Waals surface area contributed by atoms with Crippen LogP contribution in [0.4, 0.5) is 0 Å². The third kappa shape index (κ3) is 4.44. The lowest BCUT2D eigenvalue weighted by Crippen LogP contribution is -2.41. The molecular formula is C13H21NO3. The number of aliphatic hydroxyl groups is 3. The van der Waals surface area contributed by atoms with Crippen LogP contribution in [0.3, 0.4) is 0 Å². The Labute approximate surface area is 102 Å². The second-order valence-electron chi connectivity index (χ2n) is 4.36. The Bertz CT molecular complexity index is 308. The topological polar surface area (TPSA) is 63.9 Å². The molecule has 0 heterocycles. The van der Waals surface area contributed by atoms with Crippen molar-refractivity contribution < 1.29 is 15.3 Å². The molecular weight excluding hydrogens is 218 g/mol. The molecule has 0 fully saturated rings. The van der Waals surface area contributed by atoms with Gasteiger partial charge in [0.25, 0.3) is 0 Å². The van der Waals surface area contributed by atoms with Crippen LogP contribution in [-0.4, -0.2) is 53.1 Å². The zero-order valence-corrected chi connectivity index (χ0v) is 10.2. The Morgan fingerprint density at radius 1 is 1.06 bits per heavy atom. The summed E-state index contributed by atoms with van der Waals surface area (Å²) in [6.45, 7) is 3.06. The second-order valence-corrected chi connectivity index (χ2v) is 4.36. The van der Waals surface area contributed by atoms with Crippen molar-refractivity contribution in [2.45, 2.75) is 12.5 Å². The zero-order valence-electron chi connectivity index (χ0n) is 10.2. The summed E-state index contributed by atoms with van der Waals surface area (Å²) in [5.74, 6) is 0. The van der Waals surface area contributed by atoms with Gasteiger partial charge in [-0.05, 0) is 12.5 Å². The maximum atomic E-state index is 10.4. The van der Waals surface area contributed by atoms with Gasteiger partial charge >= 0.3 is 0 Å². The molecule has 0 aliphatic carbocycles. The first-order valence-corrected chi connectivity index (χ1v) is 5.82. The standard InChI is InChI=1S/C13H21NO3/c1-13(17,12-5-3-2-4-6-12)11-14(7-9-15)8-10-16/h2-6,15-17H,7-11H2,1H3. The molecule has 96 valence electrons. The van der Waals surface area contributed by atoms with E-state index in [9.17, 15) is 5.11 Å². The highest BCUT2D eigenvalue weighted by Gasteiger charge is 2.25. The Morgan fingerprint density at radius 3 is 2.06 bits per heavy atom. The van der Waals surface area contributed by atoms with E-state index in [2.05, 4.69) is 0 Å². The minimum atomic E-state index is -0.981. The van der Waals surface area contributed by atoms with E-state index in [-0.39, 0.29) is 13.2 Å². The van der Waals surface area contributed by atoms with Crippen LogP contribution in [0.25, 0.3) is 0 Å². The van der Waals surface area contributed by atoms with Gasteiger partial charge in [0.05, 0.1) is 18.8 Å². The van der Waals surface area contributed by atoms with Crippen LogP contribution in [0.5, 0.6) is 0 Å². The van der Waals surface area contributed by atoms with Crippen LogP contribution < -0.4 is 0 Å². The van der Waals surface area contributed by atoms with E-state index < -0.39 is 5.60 Å². The first-order valence-electron chi connectivity index (χ1n) is 5.82. The molecule has 0 aliphatic rings. The summed E-state index contributed by atoms with van der Waals surface area (Å²) >= 11 is 0. The number of hydrogen-bond donors (Lipinski definition) is 3. The molecule has 0 spiro atoms. The lowest BCUT2D eigenvalue weighted by atomic mass is 9.95. The Hall–Kier alpha value is -0.940. The fourth-order valence-electron chi connectivity index (χ4n) is 1.88. The van der Waals surface area contributed by atoms with E-state index >= 15 is 0 Å². The monoisotopic (exact) mass is 239 g/mol. The van der Waals surface area contributed by atoms with Crippen molar-refractivity contribution >= 4 is 0 Å². The van der Waals surface area contributed by atoms with Crippen LogP contribution >= 0.6 is 0 Å². The quantitative estimate of drug-likeness (QED) is 0.635. The van der Waals surface area contributed by atoms with E-state index in [0.717, 1.165) is 5.56 Å². The van der Waals surface area contributed by atoms with Crippen LogP contribution in [0.1, 0.15) is 12.5 Å². The molecule has 1 aromatic rings. The lowest BCUT2D eigenvalue weighted by Gasteiger charge is -2.31. The van der Waals surface area contributed by atoms with Gasteiger partial charge in [-0.1, -0.05) is 30.3 Å². The van der Waals surface area contributed by atoms with Crippen molar-refractivity contribution in [2.24, 2.45) is 0 Å². The minimum absolute atomic E-state index is 0.0187. The maximum absolute atomic E-state index is 10.4. The molecule has 0 radical (unpaired) electrons. The number of hydrogen-bond acceptors (Lipinski definition) is 4. The molecule has 17 heavy (non-hydrogen) atoms. The van der Waals surface area contributed by atoms with Gasteiger partial charge in [0.1, 0.15) is 0 Å². The Balaban J connectivity index is 2.69. The van der Waals surface area contributed by atoms with E-state index in [1.165, 1.54) is 0 Å². The third-order valence-corrected chi connectivity index (χ3v) is 2.76. The van der Waals surface area contributed by atoms with Crippen LogP contribution in [-0.2, 0) is 5.60 Å². The van der Waals surface area contributed by atoms with Gasteiger partial charge in [-0.2, -0.15) is 0 Å². The predicted octanol–water partition coefficient (Wildman–Crippen LogP) is 0.181. The van der Waals surface area contributed by atoms with E-state index in [1.54, 1.807) is 6.92 Å². The van der Waals surface area contributed by atoms with Crippen molar-refractivity contribution in [3.63, 3.8) is 0 Å². The van der Waals surface area contributed by atoms with E-state index in [1.807, 2.05) is 35.2 Å². The molecule has 1 atom stereocenters. The van der Waals surface area contributed by atoms with Gasteiger partial charge < -0.3 is 15.3 Å². The van der Waals surface area contributed by atoms with Crippen LogP contribution in [0.2, 0.25) is 0 Å². The maximum Gasteiger partial charge on any atom is 0.0994 e. The summed E-state index contributed by atoms with van der Waals surface area (Å²) in [6.07, 6.45) is 0. The predicted molar refractivity (Wildman–Crippen MR) is 66.6 cm³/mol. The van der Waals surface area contributed by atoms with Crippen molar-refractivity contribution in [2.75, 3.05) is 32.8 Å². The Morgan fingerprint density at radius 2 is 1.59 bits per heavy atom. The molecule has 1 aromatic carbocycles. The first kappa shape index (κ1) is 14.1. The average Bonchev–Trinajstić information content (AvgIpc) is 2.30. The summed E-state index contributed by atoms with van der Waals surface area (Å²) in [7, 11) is 0. The molecule has 1 rings (SSSR count). The normalized spacial score (nSPS) is 14.9. The van der Waals surface area contributed by atoms with Crippen LogP contribution in [0, 0.1) is 0 Å². The van der Waals surface area contributed by atoms with Gasteiger partial charge in [0.2, 0.25) is 0 Å². The minimum Gasteiger partial charge on any atom is -0.395 e. The SMILES string of the molecule is CC(O)(CN(CCO)CCO)c1ccccc1. The fraction of sp³-hybridized carbons (Fsp3) is 0.538. The molecule has 4 heteroatoms. The second kappa shape index (κ2) is 6.71. The van der Waals surface area contributed by atoms with Gasteiger partial charge in [0.15, 0.2) is 0 Å². The number of rotatable bonds is 7. The lowest BCUT2D eigenvalue weighted by molar-refractivity contribution is 0.00713. The molecule has 4 nitrogen and oxygen atoms in total. The third-order valence-electron chi connectivity index (χ3n) is 2.76. The number of aliphatic hydroxyl groups excluding tert-OH is 2. The molecule has 1 unspecified atom stereocenters. The van der Waals surface area contributed by atoms with Gasteiger partial charge in [0, 0.05) is 19.6 Å². The van der Waals surface area contributed by atoms with Gasteiger partial charge in [-0.3, -0.25) is 4.90 Å². The smallest absolute Gasteiger partial charge is 0.0994 e. The van der Waals surface area contributed by atoms with Crippen molar-refractivity contribution in [3.8, 4) is 0 Å². The molecule has 0 amide bonds. The molecule has 0 bridgehead atoms.